The van der Waals surface area contributed by atoms with Crippen LogP contribution < -0.4 is 10.6 Å². The number of hydrogen-bond donors (Lipinski definition) is 3. The van der Waals surface area contributed by atoms with Crippen molar-refractivity contribution in [3.05, 3.63) is 52.1 Å². The fourth-order valence-corrected chi connectivity index (χ4v) is 3.61. The number of H-pyrrole nitrogens is 1. The lowest BCUT2D eigenvalue weighted by molar-refractivity contribution is -0.110. The first-order valence-corrected chi connectivity index (χ1v) is 8.85. The number of ether oxygens (including phenoxy) is 1. The summed E-state index contributed by atoms with van der Waals surface area (Å²) in [7, 11) is 0. The smallest absolute Gasteiger partial charge is 0.256 e. The van der Waals surface area contributed by atoms with E-state index in [0.29, 0.717) is 47.0 Å². The van der Waals surface area contributed by atoms with E-state index in [-0.39, 0.29) is 17.9 Å². The average Bonchev–Trinajstić information content (AvgIpc) is 3.29. The maximum Gasteiger partial charge on any atom is 0.256 e. The van der Waals surface area contributed by atoms with Gasteiger partial charge in [-0.3, -0.25) is 9.59 Å². The predicted molar refractivity (Wildman–Crippen MR) is 99.9 cm³/mol. The molecule has 2 aromatic rings. The number of carbonyl (C=O) groups excluding carboxylic acids is 2. The lowest BCUT2D eigenvalue weighted by atomic mass is 10.0. The Kier molecular flexibility index (Phi) is 4.31. The topological polar surface area (TPSA) is 83.2 Å². The van der Waals surface area contributed by atoms with E-state index in [4.69, 9.17) is 4.74 Å². The molecule has 0 aliphatic carbocycles. The largest absolute Gasteiger partial charge is 0.379 e. The summed E-state index contributed by atoms with van der Waals surface area (Å²) in [5, 5.41) is 5.71. The van der Waals surface area contributed by atoms with Crippen molar-refractivity contribution in [2.24, 2.45) is 0 Å². The molecule has 1 aromatic heterocycles. The van der Waals surface area contributed by atoms with E-state index < -0.39 is 5.82 Å². The van der Waals surface area contributed by atoms with Crippen molar-refractivity contribution in [3.63, 3.8) is 0 Å². The Labute approximate surface area is 155 Å². The molecule has 0 saturated carbocycles. The number of nitrogens with one attached hydrogen (secondary N) is 3. The minimum absolute atomic E-state index is 0.0171. The van der Waals surface area contributed by atoms with Crippen LogP contribution >= 0.6 is 0 Å². The molecule has 2 amide bonds. The van der Waals surface area contributed by atoms with Crippen LogP contribution in [0, 0.1) is 19.7 Å². The summed E-state index contributed by atoms with van der Waals surface area (Å²) in [6.07, 6.45) is 2.46. The molecule has 1 saturated heterocycles. The van der Waals surface area contributed by atoms with Gasteiger partial charge >= 0.3 is 0 Å². The zero-order chi connectivity index (χ0) is 19.1. The van der Waals surface area contributed by atoms with Gasteiger partial charge in [0.1, 0.15) is 5.82 Å². The van der Waals surface area contributed by atoms with Crippen LogP contribution in [-0.4, -0.2) is 36.1 Å². The van der Waals surface area contributed by atoms with E-state index in [0.717, 1.165) is 12.0 Å². The standard InChI is InChI=1S/C20H20FN3O3/c1-10-17(8-15-14-7-12(21)3-4-16(14)24-19(15)25)22-11(2)18(10)20(26)23-13-5-6-27-9-13/h3-4,7-8,13,22H,5-6,9H2,1-2H3,(H,23,26)(H,24,25)/t13-/m0/s1. The van der Waals surface area contributed by atoms with Crippen LogP contribution in [0.1, 0.15) is 39.3 Å². The van der Waals surface area contributed by atoms with E-state index in [2.05, 4.69) is 15.6 Å². The van der Waals surface area contributed by atoms with Gasteiger partial charge in [-0.2, -0.15) is 0 Å². The number of aryl methyl sites for hydroxylation is 1. The van der Waals surface area contributed by atoms with Crippen molar-refractivity contribution in [2.45, 2.75) is 26.3 Å². The third-order valence-corrected chi connectivity index (χ3v) is 5.02. The van der Waals surface area contributed by atoms with Crippen molar-refractivity contribution in [1.29, 1.82) is 0 Å². The molecule has 140 valence electrons. The van der Waals surface area contributed by atoms with Gasteiger partial charge in [0.05, 0.1) is 23.8 Å². The second-order valence-electron chi connectivity index (χ2n) is 6.90. The number of anilines is 1. The zero-order valence-electron chi connectivity index (χ0n) is 15.1. The van der Waals surface area contributed by atoms with Crippen molar-refractivity contribution < 1.29 is 18.7 Å². The summed E-state index contributed by atoms with van der Waals surface area (Å²) in [5.74, 6) is -0.866. The monoisotopic (exact) mass is 369 g/mol. The third-order valence-electron chi connectivity index (χ3n) is 5.02. The SMILES string of the molecule is Cc1[nH]c(C=C2C(=O)Nc3ccc(F)cc32)c(C)c1C(=O)N[C@H]1CCOC1. The first-order valence-electron chi connectivity index (χ1n) is 8.85. The highest BCUT2D eigenvalue weighted by Crippen LogP contribution is 2.34. The van der Waals surface area contributed by atoms with Crippen LogP contribution in [-0.2, 0) is 9.53 Å². The Morgan fingerprint density at radius 1 is 1.37 bits per heavy atom. The molecule has 2 aliphatic rings. The molecule has 1 atom stereocenters. The summed E-state index contributed by atoms with van der Waals surface area (Å²) in [5.41, 5.74) is 4.13. The van der Waals surface area contributed by atoms with Crippen LogP contribution in [0.5, 0.6) is 0 Å². The molecule has 4 rings (SSSR count). The van der Waals surface area contributed by atoms with Gasteiger partial charge in [-0.15, -0.1) is 0 Å². The molecule has 0 spiro atoms. The lowest BCUT2D eigenvalue weighted by Crippen LogP contribution is -2.35. The Morgan fingerprint density at radius 3 is 2.93 bits per heavy atom. The van der Waals surface area contributed by atoms with Gasteiger partial charge in [0.2, 0.25) is 0 Å². The number of carbonyl (C=O) groups is 2. The van der Waals surface area contributed by atoms with Crippen molar-refractivity contribution >= 4 is 29.2 Å². The van der Waals surface area contributed by atoms with Gasteiger partial charge < -0.3 is 20.4 Å². The molecule has 0 bridgehead atoms. The third kappa shape index (κ3) is 3.14. The molecular formula is C20H20FN3O3. The maximum absolute atomic E-state index is 13.6. The molecule has 27 heavy (non-hydrogen) atoms. The molecule has 1 aromatic carbocycles. The summed E-state index contributed by atoms with van der Waals surface area (Å²) in [6, 6.07) is 4.20. The second kappa shape index (κ2) is 6.66. The summed E-state index contributed by atoms with van der Waals surface area (Å²) in [4.78, 5) is 28.1. The average molecular weight is 369 g/mol. The number of halogens is 1. The maximum atomic E-state index is 13.6. The van der Waals surface area contributed by atoms with E-state index in [9.17, 15) is 14.0 Å². The normalized spacial score (nSPS) is 20.0. The zero-order valence-corrected chi connectivity index (χ0v) is 15.1. The van der Waals surface area contributed by atoms with Crippen molar-refractivity contribution in [1.82, 2.24) is 10.3 Å². The van der Waals surface area contributed by atoms with Gasteiger partial charge in [-0.05, 0) is 50.1 Å². The molecule has 3 N–H and O–H groups in total. The van der Waals surface area contributed by atoms with Crippen molar-refractivity contribution in [3.8, 4) is 0 Å². The highest BCUT2D eigenvalue weighted by molar-refractivity contribution is 6.34. The number of fused-ring (bicyclic) bond motifs is 1. The molecule has 7 heteroatoms. The Balaban J connectivity index is 1.68. The van der Waals surface area contributed by atoms with Gasteiger partial charge in [0, 0.05) is 29.2 Å². The summed E-state index contributed by atoms with van der Waals surface area (Å²) >= 11 is 0. The molecule has 6 nitrogen and oxygen atoms in total. The number of hydrogen-bond acceptors (Lipinski definition) is 3. The molecule has 3 heterocycles. The quantitative estimate of drug-likeness (QED) is 0.728. The highest BCUT2D eigenvalue weighted by Gasteiger charge is 2.27. The van der Waals surface area contributed by atoms with Crippen LogP contribution in [0.25, 0.3) is 11.6 Å². The number of amides is 2. The Hall–Kier alpha value is -2.93. The molecule has 0 radical (unpaired) electrons. The van der Waals surface area contributed by atoms with Gasteiger partial charge in [0.15, 0.2) is 0 Å². The van der Waals surface area contributed by atoms with Gasteiger partial charge in [0.25, 0.3) is 11.8 Å². The van der Waals surface area contributed by atoms with Gasteiger partial charge in [-0.25, -0.2) is 4.39 Å². The highest BCUT2D eigenvalue weighted by atomic mass is 19.1. The van der Waals surface area contributed by atoms with E-state index >= 15 is 0 Å². The number of aromatic amines is 1. The molecular weight excluding hydrogens is 349 g/mol. The Bertz CT molecular complexity index is 971. The fraction of sp³-hybridized carbons (Fsp3) is 0.300. The fourth-order valence-electron chi connectivity index (χ4n) is 3.61. The van der Waals surface area contributed by atoms with Crippen LogP contribution in [0.2, 0.25) is 0 Å². The van der Waals surface area contributed by atoms with E-state index in [1.165, 1.54) is 12.1 Å². The van der Waals surface area contributed by atoms with Crippen molar-refractivity contribution in [2.75, 3.05) is 18.5 Å². The lowest BCUT2D eigenvalue weighted by Gasteiger charge is -2.11. The van der Waals surface area contributed by atoms with Crippen LogP contribution in [0.15, 0.2) is 18.2 Å². The summed E-state index contributed by atoms with van der Waals surface area (Å²) < 4.78 is 18.9. The first-order chi connectivity index (χ1) is 12.9. The first kappa shape index (κ1) is 17.5. The predicted octanol–water partition coefficient (Wildman–Crippen LogP) is 2.78. The number of aromatic nitrogens is 1. The molecule has 1 fully saturated rings. The van der Waals surface area contributed by atoms with Gasteiger partial charge in [-0.1, -0.05) is 0 Å². The van der Waals surface area contributed by atoms with E-state index in [1.54, 1.807) is 12.1 Å². The minimum atomic E-state index is -0.408. The minimum Gasteiger partial charge on any atom is -0.379 e. The summed E-state index contributed by atoms with van der Waals surface area (Å²) in [6.45, 7) is 4.82. The molecule has 0 unspecified atom stereocenters. The van der Waals surface area contributed by atoms with Crippen LogP contribution in [0.4, 0.5) is 10.1 Å². The van der Waals surface area contributed by atoms with Crippen LogP contribution in [0.3, 0.4) is 0 Å². The molecule has 2 aliphatic heterocycles. The van der Waals surface area contributed by atoms with E-state index in [1.807, 2.05) is 13.8 Å². The second-order valence-corrected chi connectivity index (χ2v) is 6.90. The number of rotatable bonds is 3. The number of benzene rings is 1. The Morgan fingerprint density at radius 2 is 2.19 bits per heavy atom.